The lowest BCUT2D eigenvalue weighted by Crippen LogP contribution is -2.21. The zero-order valence-electron chi connectivity index (χ0n) is 10.2. The monoisotopic (exact) mass is 266 g/mol. The molecule has 0 unspecified atom stereocenters. The van der Waals surface area contributed by atoms with Crippen LogP contribution in [0.1, 0.15) is 31.4 Å². The average molecular weight is 266 g/mol. The van der Waals surface area contributed by atoms with Gasteiger partial charge in [-0.15, -0.1) is 0 Å². The van der Waals surface area contributed by atoms with Crippen molar-refractivity contribution < 1.29 is 18.3 Å². The first-order valence-electron chi connectivity index (χ1n) is 5.52. The Bertz CT molecular complexity index is 639. The molecule has 0 aliphatic carbocycles. The molecule has 2 rings (SSSR count). The lowest BCUT2D eigenvalue weighted by atomic mass is 9.81. The Labute approximate surface area is 106 Å². The van der Waals surface area contributed by atoms with E-state index >= 15 is 0 Å². The van der Waals surface area contributed by atoms with Gasteiger partial charge in [0.2, 0.25) is 0 Å². The minimum Gasteiger partial charge on any atom is -0.481 e. The molecule has 0 radical (unpaired) electrons. The van der Waals surface area contributed by atoms with Crippen LogP contribution in [0.2, 0.25) is 0 Å². The number of benzene rings is 1. The molecule has 18 heavy (non-hydrogen) atoms. The number of aliphatic carboxylic acids is 1. The van der Waals surface area contributed by atoms with Crippen molar-refractivity contribution in [2.45, 2.75) is 30.6 Å². The van der Waals surface area contributed by atoms with Gasteiger partial charge in [0.05, 0.1) is 11.3 Å². The second-order valence-corrected chi connectivity index (χ2v) is 6.86. The summed E-state index contributed by atoms with van der Waals surface area (Å²) in [4.78, 5) is 11.1. The van der Waals surface area contributed by atoms with E-state index in [1.54, 1.807) is 24.3 Å². The van der Waals surface area contributed by atoms with Gasteiger partial charge in [-0.25, -0.2) is 8.42 Å². The fourth-order valence-corrected chi connectivity index (χ4v) is 3.26. The predicted octanol–water partition coefficient (Wildman–Crippen LogP) is 2.20. The first-order valence-corrected chi connectivity index (χ1v) is 7.06. The highest BCUT2D eigenvalue weighted by Crippen LogP contribution is 2.33. The van der Waals surface area contributed by atoms with E-state index in [1.807, 2.05) is 13.8 Å². The Kier molecular flexibility index (Phi) is 2.81. The number of carboxylic acid groups (broad SMARTS) is 1. The van der Waals surface area contributed by atoms with Crippen molar-refractivity contribution in [2.75, 3.05) is 0 Å². The Hall–Kier alpha value is -1.62. The molecule has 0 saturated carbocycles. The van der Waals surface area contributed by atoms with Crippen LogP contribution in [-0.4, -0.2) is 19.5 Å². The Morgan fingerprint density at radius 2 is 2.00 bits per heavy atom. The Balaban J connectivity index is 2.46. The van der Waals surface area contributed by atoms with E-state index in [9.17, 15) is 13.2 Å². The molecule has 1 aromatic carbocycles. The van der Waals surface area contributed by atoms with Crippen LogP contribution >= 0.6 is 0 Å². The van der Waals surface area contributed by atoms with E-state index in [2.05, 4.69) is 0 Å². The molecule has 0 aromatic heterocycles. The number of carbonyl (C=O) groups is 1. The summed E-state index contributed by atoms with van der Waals surface area (Å²) >= 11 is 0. The topological polar surface area (TPSA) is 71.4 Å². The molecule has 0 atom stereocenters. The Morgan fingerprint density at radius 3 is 2.61 bits per heavy atom. The zero-order chi connectivity index (χ0) is 13.6. The van der Waals surface area contributed by atoms with Crippen molar-refractivity contribution in [3.63, 3.8) is 0 Å². The van der Waals surface area contributed by atoms with E-state index in [1.165, 1.54) is 5.41 Å². The van der Waals surface area contributed by atoms with Crippen LogP contribution in [0.3, 0.4) is 0 Å². The highest BCUT2D eigenvalue weighted by Gasteiger charge is 2.27. The lowest BCUT2D eigenvalue weighted by Gasteiger charge is -2.23. The van der Waals surface area contributed by atoms with Crippen LogP contribution in [0.15, 0.2) is 28.5 Å². The van der Waals surface area contributed by atoms with Gasteiger partial charge in [0.25, 0.3) is 0 Å². The smallest absolute Gasteiger partial charge is 0.304 e. The summed E-state index contributed by atoms with van der Waals surface area (Å²) < 4.78 is 23.2. The molecule has 0 fully saturated rings. The van der Waals surface area contributed by atoms with E-state index in [-0.39, 0.29) is 11.3 Å². The third-order valence-corrected chi connectivity index (χ3v) is 4.60. The molecular weight excluding hydrogens is 252 g/mol. The van der Waals surface area contributed by atoms with Crippen molar-refractivity contribution in [1.82, 2.24) is 0 Å². The van der Waals surface area contributed by atoms with E-state index < -0.39 is 21.2 Å². The summed E-state index contributed by atoms with van der Waals surface area (Å²) in [5, 5.41) is 10.0. The van der Waals surface area contributed by atoms with Gasteiger partial charge < -0.3 is 5.11 Å². The molecule has 1 aliphatic rings. The molecule has 4 nitrogen and oxygen atoms in total. The second-order valence-electron chi connectivity index (χ2n) is 5.05. The largest absolute Gasteiger partial charge is 0.481 e. The number of fused-ring (bicyclic) bond motifs is 1. The van der Waals surface area contributed by atoms with Gasteiger partial charge in [-0.1, -0.05) is 19.9 Å². The number of rotatable bonds is 3. The van der Waals surface area contributed by atoms with Gasteiger partial charge in [-0.05, 0) is 29.3 Å². The molecule has 1 heterocycles. The molecule has 1 aromatic rings. The van der Waals surface area contributed by atoms with Crippen LogP contribution in [0.5, 0.6) is 0 Å². The number of hydrogen-bond acceptors (Lipinski definition) is 3. The minimum atomic E-state index is -3.29. The fraction of sp³-hybridized carbons (Fsp3) is 0.308. The average Bonchev–Trinajstić information content (AvgIpc) is 2.53. The van der Waals surface area contributed by atoms with Crippen molar-refractivity contribution in [3.05, 3.63) is 34.7 Å². The summed E-state index contributed by atoms with van der Waals surface area (Å²) in [5.74, 6) is -0.872. The maximum Gasteiger partial charge on any atom is 0.304 e. The van der Waals surface area contributed by atoms with Gasteiger partial charge in [-0.2, -0.15) is 0 Å². The molecule has 0 bridgehead atoms. The summed E-state index contributed by atoms with van der Waals surface area (Å²) in [6.07, 6.45) is 1.55. The maximum absolute atomic E-state index is 11.6. The Morgan fingerprint density at radius 1 is 1.33 bits per heavy atom. The van der Waals surface area contributed by atoms with Gasteiger partial charge in [0, 0.05) is 10.8 Å². The van der Waals surface area contributed by atoms with Crippen molar-refractivity contribution in [3.8, 4) is 0 Å². The third kappa shape index (κ3) is 2.18. The first kappa shape index (κ1) is 12.8. The molecule has 0 spiro atoms. The van der Waals surface area contributed by atoms with Gasteiger partial charge >= 0.3 is 5.97 Å². The molecule has 96 valence electrons. The molecule has 1 N–H and O–H groups in total. The summed E-state index contributed by atoms with van der Waals surface area (Å²) in [6.45, 7) is 3.66. The van der Waals surface area contributed by atoms with Gasteiger partial charge in [-0.3, -0.25) is 4.79 Å². The normalized spacial score (nSPS) is 16.6. The molecule has 0 amide bonds. The highest BCUT2D eigenvalue weighted by molar-refractivity contribution is 7.94. The summed E-state index contributed by atoms with van der Waals surface area (Å²) in [6, 6.07) is 4.98. The molecule has 5 heteroatoms. The zero-order valence-corrected chi connectivity index (χ0v) is 11.0. The number of sulfone groups is 1. The third-order valence-electron chi connectivity index (χ3n) is 3.12. The maximum atomic E-state index is 11.6. The lowest BCUT2D eigenvalue weighted by molar-refractivity contribution is -0.138. The van der Waals surface area contributed by atoms with Crippen LogP contribution in [-0.2, 0) is 20.0 Å². The summed E-state index contributed by atoms with van der Waals surface area (Å²) in [7, 11) is -3.29. The predicted molar refractivity (Wildman–Crippen MR) is 67.9 cm³/mol. The van der Waals surface area contributed by atoms with Gasteiger partial charge in [0.1, 0.15) is 0 Å². The first-order chi connectivity index (χ1) is 8.22. The van der Waals surface area contributed by atoms with Crippen LogP contribution in [0.25, 0.3) is 6.08 Å². The van der Waals surface area contributed by atoms with Crippen LogP contribution in [0.4, 0.5) is 0 Å². The van der Waals surface area contributed by atoms with E-state index in [0.29, 0.717) is 5.56 Å². The van der Waals surface area contributed by atoms with Crippen molar-refractivity contribution >= 4 is 21.9 Å². The number of carboxylic acids is 1. The van der Waals surface area contributed by atoms with Crippen molar-refractivity contribution in [2.24, 2.45) is 0 Å². The fourth-order valence-electron chi connectivity index (χ4n) is 2.08. The van der Waals surface area contributed by atoms with E-state index in [0.717, 1.165) is 5.56 Å². The van der Waals surface area contributed by atoms with Crippen LogP contribution < -0.4 is 0 Å². The SMILES string of the molecule is CC(C)(CC(=O)O)c1ccc2c(c1)C=CS2(=O)=O. The molecule has 0 saturated heterocycles. The number of hydrogen-bond donors (Lipinski definition) is 1. The minimum absolute atomic E-state index is 0.00223. The second kappa shape index (κ2) is 3.95. The van der Waals surface area contributed by atoms with Crippen molar-refractivity contribution in [1.29, 1.82) is 0 Å². The van der Waals surface area contributed by atoms with E-state index in [4.69, 9.17) is 5.11 Å². The highest BCUT2D eigenvalue weighted by atomic mass is 32.2. The standard InChI is InChI=1S/C13H14O4S/c1-13(2,8-12(14)15)10-3-4-11-9(7-10)5-6-18(11,16)17/h3-7H,8H2,1-2H3,(H,14,15). The summed E-state index contributed by atoms with van der Waals surface area (Å²) in [5.41, 5.74) is 0.928. The molecular formula is C13H14O4S. The molecule has 1 aliphatic heterocycles. The van der Waals surface area contributed by atoms with Gasteiger partial charge in [0.15, 0.2) is 9.84 Å². The van der Waals surface area contributed by atoms with Crippen LogP contribution in [0, 0.1) is 0 Å². The quantitative estimate of drug-likeness (QED) is 0.910.